The van der Waals surface area contributed by atoms with Crippen LogP contribution in [0.5, 0.6) is 5.75 Å². The van der Waals surface area contributed by atoms with Crippen molar-refractivity contribution in [2.24, 2.45) is 0 Å². The number of carbonyl (C=O) groups is 1. The van der Waals surface area contributed by atoms with Crippen LogP contribution in [0.2, 0.25) is 0 Å². The molecule has 0 radical (unpaired) electrons. The zero-order valence-corrected chi connectivity index (χ0v) is 11.7. The lowest BCUT2D eigenvalue weighted by molar-refractivity contribution is -0.129. The fourth-order valence-corrected chi connectivity index (χ4v) is 1.91. The van der Waals surface area contributed by atoms with E-state index in [4.69, 9.17) is 4.74 Å². The molecule has 2 rings (SSSR count). The summed E-state index contributed by atoms with van der Waals surface area (Å²) >= 11 is 0. The Kier molecular flexibility index (Phi) is 4.71. The van der Waals surface area contributed by atoms with Crippen LogP contribution in [-0.2, 0) is 17.8 Å². The summed E-state index contributed by atoms with van der Waals surface area (Å²) in [6.45, 7) is 0.518. The standard InChI is InChI=1S/C16H18N2O2/c1-18(12-14-7-3-4-9-17-14)16(19)11-13-6-5-8-15(10-13)20-2/h3-10H,11-12H2,1-2H3. The Hall–Kier alpha value is -2.36. The number of benzene rings is 1. The van der Waals surface area contributed by atoms with Gasteiger partial charge in [0.25, 0.3) is 0 Å². The zero-order chi connectivity index (χ0) is 14.4. The van der Waals surface area contributed by atoms with Gasteiger partial charge in [-0.1, -0.05) is 18.2 Å². The van der Waals surface area contributed by atoms with Gasteiger partial charge in [-0.25, -0.2) is 0 Å². The molecule has 0 aliphatic rings. The van der Waals surface area contributed by atoms with Crippen molar-refractivity contribution in [3.8, 4) is 5.75 Å². The highest BCUT2D eigenvalue weighted by Crippen LogP contribution is 2.13. The lowest BCUT2D eigenvalue weighted by Gasteiger charge is -2.16. The second-order valence-electron chi connectivity index (χ2n) is 4.60. The van der Waals surface area contributed by atoms with Gasteiger partial charge in [-0.2, -0.15) is 0 Å². The summed E-state index contributed by atoms with van der Waals surface area (Å²) in [7, 11) is 3.41. The Morgan fingerprint density at radius 2 is 2.10 bits per heavy atom. The molecular formula is C16H18N2O2. The van der Waals surface area contributed by atoms with Gasteiger partial charge in [0.2, 0.25) is 5.91 Å². The minimum absolute atomic E-state index is 0.0592. The van der Waals surface area contributed by atoms with E-state index in [9.17, 15) is 4.79 Å². The van der Waals surface area contributed by atoms with E-state index < -0.39 is 0 Å². The van der Waals surface area contributed by atoms with Crippen LogP contribution >= 0.6 is 0 Å². The van der Waals surface area contributed by atoms with E-state index in [2.05, 4.69) is 4.98 Å². The molecule has 0 saturated carbocycles. The molecule has 4 nitrogen and oxygen atoms in total. The maximum absolute atomic E-state index is 12.2. The molecular weight excluding hydrogens is 252 g/mol. The molecule has 4 heteroatoms. The molecule has 0 aliphatic heterocycles. The Morgan fingerprint density at radius 3 is 2.80 bits per heavy atom. The molecule has 2 aromatic rings. The summed E-state index contributed by atoms with van der Waals surface area (Å²) < 4.78 is 5.16. The Balaban J connectivity index is 1.97. The van der Waals surface area contributed by atoms with Gasteiger partial charge in [0.1, 0.15) is 5.75 Å². The van der Waals surface area contributed by atoms with Gasteiger partial charge in [-0.3, -0.25) is 9.78 Å². The van der Waals surface area contributed by atoms with E-state index in [0.29, 0.717) is 13.0 Å². The zero-order valence-electron chi connectivity index (χ0n) is 11.7. The number of methoxy groups -OCH3 is 1. The molecule has 104 valence electrons. The molecule has 0 N–H and O–H groups in total. The minimum atomic E-state index is 0.0592. The number of carbonyl (C=O) groups excluding carboxylic acids is 1. The summed E-state index contributed by atoms with van der Waals surface area (Å²) in [4.78, 5) is 18.1. The van der Waals surface area contributed by atoms with E-state index in [1.807, 2.05) is 42.5 Å². The van der Waals surface area contributed by atoms with Crippen molar-refractivity contribution in [1.82, 2.24) is 9.88 Å². The number of rotatable bonds is 5. The number of likely N-dealkylation sites (N-methyl/N-ethyl adjacent to an activating group) is 1. The quantitative estimate of drug-likeness (QED) is 0.837. The second kappa shape index (κ2) is 6.70. The molecule has 1 aromatic heterocycles. The Bertz CT molecular complexity index is 570. The highest BCUT2D eigenvalue weighted by atomic mass is 16.5. The van der Waals surface area contributed by atoms with Crippen LogP contribution in [0.1, 0.15) is 11.3 Å². The average Bonchev–Trinajstić information content (AvgIpc) is 2.48. The summed E-state index contributed by atoms with van der Waals surface area (Å²) in [6, 6.07) is 13.3. The van der Waals surface area contributed by atoms with Gasteiger partial charge in [-0.05, 0) is 29.8 Å². The highest BCUT2D eigenvalue weighted by Gasteiger charge is 2.11. The SMILES string of the molecule is COc1cccc(CC(=O)N(C)Cc2ccccn2)c1. The first-order valence-electron chi connectivity index (χ1n) is 6.46. The van der Waals surface area contributed by atoms with Gasteiger partial charge in [0.05, 0.1) is 25.8 Å². The van der Waals surface area contributed by atoms with Crippen molar-refractivity contribution in [3.63, 3.8) is 0 Å². The highest BCUT2D eigenvalue weighted by molar-refractivity contribution is 5.78. The fraction of sp³-hybridized carbons (Fsp3) is 0.250. The molecule has 1 aromatic carbocycles. The maximum atomic E-state index is 12.2. The molecule has 1 amide bonds. The summed E-state index contributed by atoms with van der Waals surface area (Å²) in [5.41, 5.74) is 1.83. The van der Waals surface area contributed by atoms with Gasteiger partial charge in [0.15, 0.2) is 0 Å². The van der Waals surface area contributed by atoms with Crippen molar-refractivity contribution in [2.75, 3.05) is 14.2 Å². The molecule has 0 aliphatic carbocycles. The fourth-order valence-electron chi connectivity index (χ4n) is 1.91. The van der Waals surface area contributed by atoms with E-state index >= 15 is 0 Å². The van der Waals surface area contributed by atoms with Gasteiger partial charge in [-0.15, -0.1) is 0 Å². The Labute approximate surface area is 119 Å². The third-order valence-electron chi connectivity index (χ3n) is 3.04. The largest absolute Gasteiger partial charge is 0.497 e. The van der Waals surface area contributed by atoms with Crippen LogP contribution in [0.3, 0.4) is 0 Å². The molecule has 1 heterocycles. The minimum Gasteiger partial charge on any atom is -0.497 e. The molecule has 20 heavy (non-hydrogen) atoms. The predicted octanol–water partition coefficient (Wildman–Crippen LogP) is 2.29. The van der Waals surface area contributed by atoms with Crippen LogP contribution < -0.4 is 4.74 Å². The number of ether oxygens (including phenoxy) is 1. The first-order valence-corrected chi connectivity index (χ1v) is 6.46. The molecule has 0 atom stereocenters. The van der Waals surface area contributed by atoms with Crippen molar-refractivity contribution < 1.29 is 9.53 Å². The summed E-state index contributed by atoms with van der Waals surface area (Å²) in [5.74, 6) is 0.826. The second-order valence-corrected chi connectivity index (χ2v) is 4.60. The van der Waals surface area contributed by atoms with Crippen LogP contribution in [-0.4, -0.2) is 29.9 Å². The number of hydrogen-bond acceptors (Lipinski definition) is 3. The average molecular weight is 270 g/mol. The summed E-state index contributed by atoms with van der Waals surface area (Å²) in [6.07, 6.45) is 2.09. The normalized spacial score (nSPS) is 10.1. The lowest BCUT2D eigenvalue weighted by atomic mass is 10.1. The van der Waals surface area contributed by atoms with E-state index in [1.54, 1.807) is 25.3 Å². The molecule has 0 saturated heterocycles. The van der Waals surface area contributed by atoms with Crippen molar-refractivity contribution in [3.05, 3.63) is 59.9 Å². The number of amides is 1. The van der Waals surface area contributed by atoms with E-state index in [-0.39, 0.29) is 5.91 Å². The van der Waals surface area contributed by atoms with Crippen LogP contribution in [0.25, 0.3) is 0 Å². The smallest absolute Gasteiger partial charge is 0.227 e. The van der Waals surface area contributed by atoms with Crippen LogP contribution in [0.4, 0.5) is 0 Å². The number of nitrogens with zero attached hydrogens (tertiary/aromatic N) is 2. The molecule has 0 fully saturated rings. The predicted molar refractivity (Wildman–Crippen MR) is 77.4 cm³/mol. The van der Waals surface area contributed by atoms with Gasteiger partial charge in [0, 0.05) is 13.2 Å². The first-order chi connectivity index (χ1) is 9.69. The summed E-state index contributed by atoms with van der Waals surface area (Å²) in [5, 5.41) is 0. The topological polar surface area (TPSA) is 42.4 Å². The van der Waals surface area contributed by atoms with Gasteiger partial charge < -0.3 is 9.64 Å². The molecule has 0 unspecified atom stereocenters. The van der Waals surface area contributed by atoms with Gasteiger partial charge >= 0.3 is 0 Å². The number of aromatic nitrogens is 1. The maximum Gasteiger partial charge on any atom is 0.227 e. The van der Waals surface area contributed by atoms with E-state index in [0.717, 1.165) is 17.0 Å². The van der Waals surface area contributed by atoms with Crippen molar-refractivity contribution in [2.45, 2.75) is 13.0 Å². The molecule has 0 spiro atoms. The third kappa shape index (κ3) is 3.82. The Morgan fingerprint density at radius 1 is 1.25 bits per heavy atom. The first kappa shape index (κ1) is 14.1. The van der Waals surface area contributed by atoms with Crippen molar-refractivity contribution in [1.29, 1.82) is 0 Å². The molecule has 0 bridgehead atoms. The monoisotopic (exact) mass is 270 g/mol. The van der Waals surface area contributed by atoms with E-state index in [1.165, 1.54) is 0 Å². The third-order valence-corrected chi connectivity index (χ3v) is 3.04. The number of pyridine rings is 1. The van der Waals surface area contributed by atoms with Crippen LogP contribution in [0.15, 0.2) is 48.7 Å². The number of hydrogen-bond donors (Lipinski definition) is 0. The van der Waals surface area contributed by atoms with Crippen LogP contribution in [0, 0.1) is 0 Å². The lowest BCUT2D eigenvalue weighted by Crippen LogP contribution is -2.28. The van der Waals surface area contributed by atoms with Crippen molar-refractivity contribution >= 4 is 5.91 Å².